The Bertz CT molecular complexity index is 1140. The van der Waals surface area contributed by atoms with E-state index in [9.17, 15) is 4.79 Å². The summed E-state index contributed by atoms with van der Waals surface area (Å²) in [7, 11) is 0. The van der Waals surface area contributed by atoms with Gasteiger partial charge in [-0.25, -0.2) is 0 Å². The highest BCUT2D eigenvalue weighted by atomic mass is 35.5. The SMILES string of the molecule is Cc1ccc(-c2ccc(N3CCN(C(=O)C(C)Oc4ccc(Cl)c(C)c4)CC3)nn2)c(C)c1. The molecule has 6 nitrogen and oxygen atoms in total. The number of nitrogens with zero attached hydrogens (tertiary/aromatic N) is 4. The third-order valence-corrected chi connectivity index (χ3v) is 6.44. The number of carbonyl (C=O) groups is 1. The molecule has 0 aliphatic carbocycles. The maximum absolute atomic E-state index is 12.9. The number of hydrogen-bond acceptors (Lipinski definition) is 5. The van der Waals surface area contributed by atoms with Crippen LogP contribution in [0.15, 0.2) is 48.5 Å². The first kappa shape index (κ1) is 23.1. The molecule has 0 radical (unpaired) electrons. The lowest BCUT2D eigenvalue weighted by Crippen LogP contribution is -2.52. The van der Waals surface area contributed by atoms with Gasteiger partial charge in [-0.15, -0.1) is 10.2 Å². The molecule has 0 saturated carbocycles. The van der Waals surface area contributed by atoms with Gasteiger partial charge >= 0.3 is 0 Å². The van der Waals surface area contributed by atoms with Crippen molar-refractivity contribution in [3.05, 3.63) is 70.2 Å². The second-order valence-corrected chi connectivity index (χ2v) is 8.99. The zero-order valence-corrected chi connectivity index (χ0v) is 20.3. The van der Waals surface area contributed by atoms with Crippen molar-refractivity contribution in [2.45, 2.75) is 33.8 Å². The molecule has 3 aromatic rings. The molecule has 2 heterocycles. The van der Waals surface area contributed by atoms with E-state index in [4.69, 9.17) is 16.3 Å². The van der Waals surface area contributed by atoms with Gasteiger partial charge in [0.2, 0.25) is 0 Å². The number of carbonyl (C=O) groups excluding carboxylic acids is 1. The number of halogens is 1. The summed E-state index contributed by atoms with van der Waals surface area (Å²) in [6, 6.07) is 15.8. The molecule has 172 valence electrons. The van der Waals surface area contributed by atoms with E-state index in [1.807, 2.05) is 30.0 Å². The molecule has 4 rings (SSSR count). The molecule has 1 fully saturated rings. The summed E-state index contributed by atoms with van der Waals surface area (Å²) in [4.78, 5) is 16.9. The van der Waals surface area contributed by atoms with Crippen LogP contribution in [0, 0.1) is 20.8 Å². The number of benzene rings is 2. The van der Waals surface area contributed by atoms with Crippen LogP contribution in [-0.2, 0) is 4.79 Å². The number of aromatic nitrogens is 2. The molecule has 7 heteroatoms. The summed E-state index contributed by atoms with van der Waals surface area (Å²) < 4.78 is 5.86. The smallest absolute Gasteiger partial charge is 0.263 e. The van der Waals surface area contributed by atoms with Gasteiger partial charge in [0, 0.05) is 36.8 Å². The Kier molecular flexibility index (Phi) is 6.84. The van der Waals surface area contributed by atoms with Crippen LogP contribution >= 0.6 is 11.6 Å². The van der Waals surface area contributed by atoms with Gasteiger partial charge < -0.3 is 14.5 Å². The predicted molar refractivity (Wildman–Crippen MR) is 132 cm³/mol. The fourth-order valence-electron chi connectivity index (χ4n) is 4.10. The number of ether oxygens (including phenoxy) is 1. The van der Waals surface area contributed by atoms with Gasteiger partial charge in [-0.2, -0.15) is 0 Å². The molecule has 1 atom stereocenters. The Morgan fingerprint density at radius 3 is 2.33 bits per heavy atom. The highest BCUT2D eigenvalue weighted by Crippen LogP contribution is 2.24. The Hall–Kier alpha value is -3.12. The van der Waals surface area contributed by atoms with Crippen LogP contribution in [0.3, 0.4) is 0 Å². The van der Waals surface area contributed by atoms with Crippen molar-refractivity contribution < 1.29 is 9.53 Å². The molecular formula is C26H29ClN4O2. The summed E-state index contributed by atoms with van der Waals surface area (Å²) in [6.07, 6.45) is -0.561. The zero-order chi connectivity index (χ0) is 23.5. The van der Waals surface area contributed by atoms with Gasteiger partial charge in [-0.1, -0.05) is 35.4 Å². The number of rotatable bonds is 5. The Labute approximate surface area is 200 Å². The molecule has 1 aromatic heterocycles. The van der Waals surface area contributed by atoms with E-state index >= 15 is 0 Å². The average molecular weight is 465 g/mol. The van der Waals surface area contributed by atoms with Crippen molar-refractivity contribution in [2.75, 3.05) is 31.1 Å². The number of anilines is 1. The molecule has 1 aliphatic heterocycles. The Balaban J connectivity index is 1.34. The number of aryl methyl sites for hydroxylation is 3. The first-order valence-electron chi connectivity index (χ1n) is 11.2. The van der Waals surface area contributed by atoms with Crippen molar-refractivity contribution in [3.8, 4) is 17.0 Å². The molecule has 0 N–H and O–H groups in total. The lowest BCUT2D eigenvalue weighted by atomic mass is 10.0. The second kappa shape index (κ2) is 9.79. The fraction of sp³-hybridized carbons (Fsp3) is 0.346. The maximum atomic E-state index is 12.9. The normalized spacial score (nSPS) is 14.8. The van der Waals surface area contributed by atoms with E-state index in [0.29, 0.717) is 37.0 Å². The summed E-state index contributed by atoms with van der Waals surface area (Å²) in [5, 5.41) is 9.59. The van der Waals surface area contributed by atoms with Crippen LogP contribution in [0.5, 0.6) is 5.75 Å². The topological polar surface area (TPSA) is 58.6 Å². The maximum Gasteiger partial charge on any atom is 0.263 e. The molecular weight excluding hydrogens is 436 g/mol. The van der Waals surface area contributed by atoms with Crippen molar-refractivity contribution in [1.82, 2.24) is 15.1 Å². The highest BCUT2D eigenvalue weighted by molar-refractivity contribution is 6.31. The number of amides is 1. The summed E-state index contributed by atoms with van der Waals surface area (Å²) in [5.74, 6) is 1.46. The van der Waals surface area contributed by atoms with Crippen molar-refractivity contribution in [2.24, 2.45) is 0 Å². The monoisotopic (exact) mass is 464 g/mol. The molecule has 1 amide bonds. The van der Waals surface area contributed by atoms with E-state index in [2.05, 4.69) is 47.1 Å². The molecule has 0 bridgehead atoms. The van der Waals surface area contributed by atoms with Crippen LogP contribution in [0.1, 0.15) is 23.6 Å². The molecule has 1 saturated heterocycles. The van der Waals surface area contributed by atoms with E-state index in [1.54, 1.807) is 19.1 Å². The fourth-order valence-corrected chi connectivity index (χ4v) is 4.21. The van der Waals surface area contributed by atoms with Crippen molar-refractivity contribution >= 4 is 23.3 Å². The van der Waals surface area contributed by atoms with Crippen LogP contribution in [0.2, 0.25) is 5.02 Å². The minimum atomic E-state index is -0.561. The lowest BCUT2D eigenvalue weighted by molar-refractivity contribution is -0.138. The van der Waals surface area contributed by atoms with Crippen LogP contribution in [0.4, 0.5) is 5.82 Å². The standard InChI is InChI=1S/C26H29ClN4O2/c1-17-5-7-22(18(2)15-17)24-9-10-25(29-28-24)30-11-13-31(14-12-30)26(32)20(4)33-21-6-8-23(27)19(3)16-21/h5-10,15-16,20H,11-14H2,1-4H3. The summed E-state index contributed by atoms with van der Waals surface area (Å²) >= 11 is 6.07. The Morgan fingerprint density at radius 1 is 0.939 bits per heavy atom. The first-order valence-corrected chi connectivity index (χ1v) is 11.6. The van der Waals surface area contributed by atoms with Crippen LogP contribution < -0.4 is 9.64 Å². The molecule has 33 heavy (non-hydrogen) atoms. The third-order valence-electron chi connectivity index (χ3n) is 6.01. The zero-order valence-electron chi connectivity index (χ0n) is 19.5. The van der Waals surface area contributed by atoms with E-state index in [1.165, 1.54) is 11.1 Å². The molecule has 0 spiro atoms. The van der Waals surface area contributed by atoms with Gasteiger partial charge in [0.15, 0.2) is 11.9 Å². The van der Waals surface area contributed by atoms with Gasteiger partial charge in [0.25, 0.3) is 5.91 Å². The van der Waals surface area contributed by atoms with E-state index in [0.717, 1.165) is 22.6 Å². The lowest BCUT2D eigenvalue weighted by Gasteiger charge is -2.36. The summed E-state index contributed by atoms with van der Waals surface area (Å²) in [5.41, 5.74) is 5.31. The first-order chi connectivity index (χ1) is 15.8. The average Bonchev–Trinajstić information content (AvgIpc) is 2.81. The van der Waals surface area contributed by atoms with Crippen molar-refractivity contribution in [3.63, 3.8) is 0 Å². The minimum Gasteiger partial charge on any atom is -0.481 e. The highest BCUT2D eigenvalue weighted by Gasteiger charge is 2.27. The minimum absolute atomic E-state index is 0.0152. The largest absolute Gasteiger partial charge is 0.481 e. The number of piperazine rings is 1. The van der Waals surface area contributed by atoms with Gasteiger partial charge in [-0.05, 0) is 69.2 Å². The van der Waals surface area contributed by atoms with Gasteiger partial charge in [-0.3, -0.25) is 4.79 Å². The predicted octanol–water partition coefficient (Wildman–Crippen LogP) is 4.84. The van der Waals surface area contributed by atoms with E-state index < -0.39 is 6.10 Å². The molecule has 1 unspecified atom stereocenters. The van der Waals surface area contributed by atoms with Crippen LogP contribution in [0.25, 0.3) is 11.3 Å². The van der Waals surface area contributed by atoms with E-state index in [-0.39, 0.29) is 5.91 Å². The van der Waals surface area contributed by atoms with Gasteiger partial charge in [0.05, 0.1) is 5.69 Å². The molecule has 2 aromatic carbocycles. The van der Waals surface area contributed by atoms with Crippen molar-refractivity contribution in [1.29, 1.82) is 0 Å². The van der Waals surface area contributed by atoms with Crippen LogP contribution in [-0.4, -0.2) is 53.3 Å². The second-order valence-electron chi connectivity index (χ2n) is 8.58. The Morgan fingerprint density at radius 2 is 1.70 bits per heavy atom. The van der Waals surface area contributed by atoms with Gasteiger partial charge in [0.1, 0.15) is 5.75 Å². The third kappa shape index (κ3) is 5.28. The summed E-state index contributed by atoms with van der Waals surface area (Å²) in [6.45, 7) is 10.5. The molecule has 1 aliphatic rings. The number of hydrogen-bond donors (Lipinski definition) is 0. The quantitative estimate of drug-likeness (QED) is 0.540.